The summed E-state index contributed by atoms with van der Waals surface area (Å²) in [5.41, 5.74) is 0.317. The summed E-state index contributed by atoms with van der Waals surface area (Å²) in [5, 5.41) is 17.4. The van der Waals surface area contributed by atoms with Crippen LogP contribution in [-0.2, 0) is 19.0 Å². The van der Waals surface area contributed by atoms with Gasteiger partial charge in [0.2, 0.25) is 0 Å². The summed E-state index contributed by atoms with van der Waals surface area (Å²) in [6, 6.07) is 13.2. The summed E-state index contributed by atoms with van der Waals surface area (Å²) in [7, 11) is 0. The Morgan fingerprint density at radius 1 is 1.10 bits per heavy atom. The number of aromatic nitrogens is 6. The van der Waals surface area contributed by atoms with Crippen LogP contribution in [0.2, 0.25) is 0 Å². The van der Waals surface area contributed by atoms with Crippen LogP contribution in [-0.4, -0.2) is 29.8 Å². The van der Waals surface area contributed by atoms with Gasteiger partial charge in [-0.05, 0) is 24.3 Å². The topological polar surface area (TPSA) is 87.7 Å². The molecule has 0 atom stereocenters. The minimum atomic E-state index is -0.448. The van der Waals surface area contributed by atoms with Crippen molar-refractivity contribution in [2.75, 3.05) is 0 Å². The summed E-state index contributed by atoms with van der Waals surface area (Å²) >= 11 is 1.28. The fraction of sp³-hybridized carbons (Fsp3) is 0.150. The van der Waals surface area contributed by atoms with Crippen LogP contribution >= 0.6 is 11.8 Å². The number of para-hydroxylation sites is 1. The third-order valence-corrected chi connectivity index (χ3v) is 5.18. The summed E-state index contributed by atoms with van der Waals surface area (Å²) in [5.74, 6) is 0.409. The molecule has 2 aromatic carbocycles. The van der Waals surface area contributed by atoms with E-state index in [0.29, 0.717) is 28.4 Å². The van der Waals surface area contributed by atoms with Gasteiger partial charge in [-0.1, -0.05) is 47.3 Å². The summed E-state index contributed by atoms with van der Waals surface area (Å²) in [6.45, 7) is 4.23. The van der Waals surface area contributed by atoms with Crippen molar-refractivity contribution in [3.63, 3.8) is 0 Å². The second kappa shape index (κ2) is 8.87. The molecule has 0 aliphatic carbocycles. The Morgan fingerprint density at radius 3 is 2.73 bits per heavy atom. The molecule has 0 radical (unpaired) electrons. The molecule has 10 heteroatoms. The van der Waals surface area contributed by atoms with Crippen molar-refractivity contribution in [3.05, 3.63) is 83.2 Å². The Kier molecular flexibility index (Phi) is 5.84. The normalized spacial score (nSPS) is 11.0. The van der Waals surface area contributed by atoms with Gasteiger partial charge in [0, 0.05) is 6.54 Å². The van der Waals surface area contributed by atoms with Gasteiger partial charge in [0.1, 0.15) is 12.1 Å². The number of hydrogen-bond acceptors (Lipinski definition) is 7. The molecule has 2 aromatic heterocycles. The summed E-state index contributed by atoms with van der Waals surface area (Å²) < 4.78 is 22.4. The van der Waals surface area contributed by atoms with Gasteiger partial charge < -0.3 is 4.74 Å². The molecular weight excluding hydrogens is 407 g/mol. The lowest BCUT2D eigenvalue weighted by atomic mass is 10.2. The van der Waals surface area contributed by atoms with Crippen molar-refractivity contribution in [3.8, 4) is 5.75 Å². The van der Waals surface area contributed by atoms with Gasteiger partial charge >= 0.3 is 0 Å². The van der Waals surface area contributed by atoms with E-state index in [2.05, 4.69) is 27.1 Å². The predicted octanol–water partition coefficient (Wildman–Crippen LogP) is 3.04. The molecular formula is C20H17FN6O2S. The quantitative estimate of drug-likeness (QED) is 0.317. The molecule has 0 bridgehead atoms. The monoisotopic (exact) mass is 424 g/mol. The van der Waals surface area contributed by atoms with Crippen LogP contribution in [0.4, 0.5) is 4.39 Å². The molecule has 8 nitrogen and oxygen atoms in total. The molecule has 0 aliphatic rings. The summed E-state index contributed by atoms with van der Waals surface area (Å²) in [6.07, 6.45) is 1.70. The molecule has 2 heterocycles. The average molecular weight is 424 g/mol. The maximum atomic E-state index is 13.8. The summed E-state index contributed by atoms with van der Waals surface area (Å²) in [4.78, 5) is 12.6. The van der Waals surface area contributed by atoms with Gasteiger partial charge in [0.15, 0.2) is 22.5 Å². The highest BCUT2D eigenvalue weighted by Crippen LogP contribution is 2.21. The van der Waals surface area contributed by atoms with Crippen LogP contribution in [0.15, 0.2) is 71.1 Å². The van der Waals surface area contributed by atoms with Crippen LogP contribution in [0, 0.1) is 5.82 Å². The minimum Gasteiger partial charge on any atom is -0.483 e. The SMILES string of the molecule is C=CCn1c(COc2ccccc2F)nnc1SCn1nnc2ccccc2c1=O. The molecule has 0 spiro atoms. The number of hydrogen-bond donors (Lipinski definition) is 0. The van der Waals surface area contributed by atoms with Crippen LogP contribution in [0.3, 0.4) is 0 Å². The van der Waals surface area contributed by atoms with E-state index in [0.717, 1.165) is 0 Å². The molecule has 0 aliphatic heterocycles. The first-order valence-electron chi connectivity index (χ1n) is 9.03. The van der Waals surface area contributed by atoms with Gasteiger partial charge in [-0.2, -0.15) is 4.68 Å². The molecule has 0 saturated carbocycles. The molecule has 152 valence electrons. The lowest BCUT2D eigenvalue weighted by molar-refractivity contribution is 0.275. The first kappa shape index (κ1) is 19.8. The van der Waals surface area contributed by atoms with Crippen molar-refractivity contribution in [1.82, 2.24) is 29.8 Å². The Balaban J connectivity index is 1.52. The number of ether oxygens (including phenoxy) is 1. The van der Waals surface area contributed by atoms with E-state index in [1.807, 2.05) is 0 Å². The molecule has 0 saturated heterocycles. The van der Waals surface area contributed by atoms with Crippen molar-refractivity contribution in [1.29, 1.82) is 0 Å². The molecule has 4 rings (SSSR count). The maximum absolute atomic E-state index is 13.8. The zero-order valence-electron chi connectivity index (χ0n) is 15.8. The third-order valence-electron chi connectivity index (χ3n) is 4.24. The van der Waals surface area contributed by atoms with Crippen molar-refractivity contribution >= 4 is 22.7 Å². The highest BCUT2D eigenvalue weighted by atomic mass is 32.2. The number of allylic oxidation sites excluding steroid dienone is 1. The second-order valence-corrected chi connectivity index (χ2v) is 7.11. The smallest absolute Gasteiger partial charge is 0.278 e. The number of fused-ring (bicyclic) bond motifs is 1. The van der Waals surface area contributed by atoms with Gasteiger partial charge in [0.05, 0.1) is 11.3 Å². The van der Waals surface area contributed by atoms with Gasteiger partial charge in [-0.15, -0.1) is 21.9 Å². The minimum absolute atomic E-state index is 0.0397. The highest BCUT2D eigenvalue weighted by Gasteiger charge is 2.14. The van der Waals surface area contributed by atoms with Gasteiger partial charge in [0.25, 0.3) is 5.56 Å². The molecule has 30 heavy (non-hydrogen) atoms. The average Bonchev–Trinajstić information content (AvgIpc) is 3.15. The van der Waals surface area contributed by atoms with E-state index in [-0.39, 0.29) is 23.8 Å². The van der Waals surface area contributed by atoms with E-state index in [9.17, 15) is 9.18 Å². The van der Waals surface area contributed by atoms with Crippen LogP contribution in [0.5, 0.6) is 5.75 Å². The Labute approximate surface area is 175 Å². The Morgan fingerprint density at radius 2 is 1.90 bits per heavy atom. The highest BCUT2D eigenvalue weighted by molar-refractivity contribution is 7.98. The van der Waals surface area contributed by atoms with Crippen molar-refractivity contribution in [2.24, 2.45) is 0 Å². The Bertz CT molecular complexity index is 1260. The number of nitrogens with zero attached hydrogens (tertiary/aromatic N) is 6. The van der Waals surface area contributed by atoms with Crippen molar-refractivity contribution < 1.29 is 9.13 Å². The zero-order chi connectivity index (χ0) is 20.9. The lowest BCUT2D eigenvalue weighted by Crippen LogP contribution is -2.23. The predicted molar refractivity (Wildman–Crippen MR) is 111 cm³/mol. The molecule has 0 fully saturated rings. The second-order valence-electron chi connectivity index (χ2n) is 6.20. The van der Waals surface area contributed by atoms with Crippen LogP contribution in [0.25, 0.3) is 10.9 Å². The fourth-order valence-corrected chi connectivity index (χ4v) is 3.62. The number of thioether (sulfide) groups is 1. The van der Waals surface area contributed by atoms with Crippen LogP contribution in [0.1, 0.15) is 5.82 Å². The van der Waals surface area contributed by atoms with E-state index in [1.165, 1.54) is 22.5 Å². The number of rotatable bonds is 8. The van der Waals surface area contributed by atoms with E-state index in [1.54, 1.807) is 53.1 Å². The van der Waals surface area contributed by atoms with E-state index >= 15 is 0 Å². The van der Waals surface area contributed by atoms with E-state index < -0.39 is 5.82 Å². The molecule has 0 unspecified atom stereocenters. The number of halogens is 1. The molecule has 0 N–H and O–H groups in total. The first-order chi connectivity index (χ1) is 14.7. The molecule has 0 amide bonds. The standard InChI is InChI=1S/C20H17FN6O2S/c1-2-11-26-18(12-29-17-10-6-4-8-15(17)21)23-24-20(26)30-13-27-19(28)14-7-3-5-9-16(14)22-25-27/h2-10H,1,11-13H2. The maximum Gasteiger partial charge on any atom is 0.278 e. The lowest BCUT2D eigenvalue weighted by Gasteiger charge is -2.10. The van der Waals surface area contributed by atoms with Gasteiger partial charge in [-0.25, -0.2) is 4.39 Å². The zero-order valence-corrected chi connectivity index (χ0v) is 16.6. The van der Waals surface area contributed by atoms with Crippen molar-refractivity contribution in [2.45, 2.75) is 24.2 Å². The number of benzene rings is 2. The third kappa shape index (κ3) is 4.08. The Hall–Kier alpha value is -3.53. The van der Waals surface area contributed by atoms with Crippen LogP contribution < -0.4 is 10.3 Å². The van der Waals surface area contributed by atoms with Gasteiger partial charge in [-0.3, -0.25) is 9.36 Å². The fourth-order valence-electron chi connectivity index (χ4n) is 2.78. The first-order valence-corrected chi connectivity index (χ1v) is 10.0. The van der Waals surface area contributed by atoms with E-state index in [4.69, 9.17) is 4.74 Å². The molecule has 4 aromatic rings. The largest absolute Gasteiger partial charge is 0.483 e.